The topological polar surface area (TPSA) is 64.1 Å². The predicted molar refractivity (Wildman–Crippen MR) is 81.5 cm³/mol. The summed E-state index contributed by atoms with van der Waals surface area (Å²) in [5.41, 5.74) is 1.71. The molecule has 1 N–H and O–H groups in total. The lowest BCUT2D eigenvalue weighted by atomic mass is 10.1. The zero-order chi connectivity index (χ0) is 15.0. The maximum atomic E-state index is 6.02. The van der Waals surface area contributed by atoms with Crippen LogP contribution in [0.15, 0.2) is 27.1 Å². The van der Waals surface area contributed by atoms with Crippen molar-refractivity contribution in [2.75, 3.05) is 7.05 Å². The van der Waals surface area contributed by atoms with Crippen LogP contribution < -0.4 is 5.32 Å². The number of nitrogens with one attached hydrogen (secondary N) is 1. The first-order valence-corrected chi connectivity index (χ1v) is 7.15. The van der Waals surface area contributed by atoms with Crippen LogP contribution in [0.2, 0.25) is 5.02 Å². The Hall–Kier alpha value is -1.85. The van der Waals surface area contributed by atoms with E-state index in [9.17, 15) is 0 Å². The van der Waals surface area contributed by atoms with Crippen LogP contribution in [-0.4, -0.2) is 23.2 Å². The summed E-state index contributed by atoms with van der Waals surface area (Å²) in [6.45, 7) is 4.02. The lowest BCUT2D eigenvalue weighted by Gasteiger charge is -2.04. The van der Waals surface area contributed by atoms with E-state index in [1.807, 2.05) is 26.1 Å². The average molecular weight is 306 g/mol. The molecule has 1 unspecified atom stereocenters. The Kier molecular flexibility index (Phi) is 3.69. The standard InChI is InChI=1S/C15H16ClN3O2/c1-8(17-3)6-13-18-15(21-19-13)14-9(2)11-7-10(16)4-5-12(11)20-14/h4-5,7-8,17H,6H2,1-3H3. The summed E-state index contributed by atoms with van der Waals surface area (Å²) in [5.74, 6) is 1.66. The highest BCUT2D eigenvalue weighted by atomic mass is 35.5. The molecule has 0 aliphatic heterocycles. The van der Waals surface area contributed by atoms with E-state index in [4.69, 9.17) is 20.5 Å². The molecule has 110 valence electrons. The summed E-state index contributed by atoms with van der Waals surface area (Å²) in [7, 11) is 1.90. The average Bonchev–Trinajstić information content (AvgIpc) is 3.04. The fourth-order valence-electron chi connectivity index (χ4n) is 2.20. The Morgan fingerprint density at radius 1 is 1.38 bits per heavy atom. The molecule has 2 heterocycles. The molecule has 0 spiro atoms. The Morgan fingerprint density at radius 3 is 2.95 bits per heavy atom. The van der Waals surface area contributed by atoms with Crippen LogP contribution in [0.3, 0.4) is 0 Å². The van der Waals surface area contributed by atoms with E-state index in [-0.39, 0.29) is 6.04 Å². The minimum atomic E-state index is 0.283. The van der Waals surface area contributed by atoms with Gasteiger partial charge in [-0.05, 0) is 39.1 Å². The highest BCUT2D eigenvalue weighted by Crippen LogP contribution is 2.33. The molecule has 3 aromatic rings. The normalized spacial score (nSPS) is 13.0. The van der Waals surface area contributed by atoms with Crippen molar-refractivity contribution in [1.82, 2.24) is 15.5 Å². The Morgan fingerprint density at radius 2 is 2.19 bits per heavy atom. The van der Waals surface area contributed by atoms with Gasteiger partial charge in [-0.25, -0.2) is 0 Å². The van der Waals surface area contributed by atoms with Gasteiger partial charge in [-0.2, -0.15) is 4.98 Å². The molecule has 0 saturated heterocycles. The molecule has 6 heteroatoms. The SMILES string of the molecule is CNC(C)Cc1noc(-c2oc3ccc(Cl)cc3c2C)n1. The molecule has 0 aliphatic carbocycles. The number of hydrogen-bond acceptors (Lipinski definition) is 5. The van der Waals surface area contributed by atoms with Crippen molar-refractivity contribution in [2.24, 2.45) is 0 Å². The van der Waals surface area contributed by atoms with E-state index in [1.54, 1.807) is 6.07 Å². The smallest absolute Gasteiger partial charge is 0.293 e. The summed E-state index contributed by atoms with van der Waals surface area (Å²) < 4.78 is 11.1. The van der Waals surface area contributed by atoms with Gasteiger partial charge in [0.15, 0.2) is 11.6 Å². The number of likely N-dealkylation sites (N-methyl/N-ethyl adjacent to an activating group) is 1. The molecule has 0 saturated carbocycles. The summed E-state index contributed by atoms with van der Waals surface area (Å²) in [6.07, 6.45) is 0.700. The van der Waals surface area contributed by atoms with Crippen molar-refractivity contribution in [3.63, 3.8) is 0 Å². The maximum absolute atomic E-state index is 6.02. The lowest BCUT2D eigenvalue weighted by molar-refractivity contribution is 0.408. The third kappa shape index (κ3) is 2.66. The summed E-state index contributed by atoms with van der Waals surface area (Å²) in [6, 6.07) is 5.80. The molecule has 3 rings (SSSR count). The molecular weight excluding hydrogens is 290 g/mol. The summed E-state index contributed by atoms with van der Waals surface area (Å²) in [4.78, 5) is 4.40. The highest BCUT2D eigenvalue weighted by molar-refractivity contribution is 6.31. The van der Waals surface area contributed by atoms with Crippen LogP contribution >= 0.6 is 11.6 Å². The second-order valence-corrected chi connectivity index (χ2v) is 5.54. The van der Waals surface area contributed by atoms with Crippen LogP contribution in [0, 0.1) is 6.92 Å². The number of rotatable bonds is 4. The number of benzene rings is 1. The molecule has 0 aliphatic rings. The Labute approximate surface area is 127 Å². The zero-order valence-corrected chi connectivity index (χ0v) is 12.9. The highest BCUT2D eigenvalue weighted by Gasteiger charge is 2.19. The number of halogens is 1. The van der Waals surface area contributed by atoms with Gasteiger partial charge in [-0.1, -0.05) is 16.8 Å². The van der Waals surface area contributed by atoms with Crippen molar-refractivity contribution >= 4 is 22.6 Å². The quantitative estimate of drug-likeness (QED) is 0.798. The van der Waals surface area contributed by atoms with Crippen molar-refractivity contribution in [2.45, 2.75) is 26.3 Å². The first-order valence-electron chi connectivity index (χ1n) is 6.77. The molecule has 0 radical (unpaired) electrons. The lowest BCUT2D eigenvalue weighted by Crippen LogP contribution is -2.24. The van der Waals surface area contributed by atoms with Gasteiger partial charge >= 0.3 is 0 Å². The molecule has 0 bridgehead atoms. The van der Waals surface area contributed by atoms with E-state index < -0.39 is 0 Å². The first-order chi connectivity index (χ1) is 10.1. The van der Waals surface area contributed by atoms with E-state index in [0.717, 1.165) is 16.5 Å². The minimum Gasteiger partial charge on any atom is -0.451 e. The number of furan rings is 1. The molecule has 2 aromatic heterocycles. The summed E-state index contributed by atoms with van der Waals surface area (Å²) >= 11 is 6.02. The number of aromatic nitrogens is 2. The Balaban J connectivity index is 1.99. The van der Waals surface area contributed by atoms with Gasteiger partial charge in [0.2, 0.25) is 0 Å². The molecule has 21 heavy (non-hydrogen) atoms. The molecule has 0 fully saturated rings. The van der Waals surface area contributed by atoms with Crippen LogP contribution in [0.1, 0.15) is 18.3 Å². The van der Waals surface area contributed by atoms with Gasteiger partial charge in [0.05, 0.1) is 0 Å². The van der Waals surface area contributed by atoms with Crippen LogP contribution in [0.4, 0.5) is 0 Å². The largest absolute Gasteiger partial charge is 0.451 e. The van der Waals surface area contributed by atoms with Crippen LogP contribution in [0.25, 0.3) is 22.6 Å². The third-order valence-corrected chi connectivity index (χ3v) is 3.78. The van der Waals surface area contributed by atoms with Crippen molar-refractivity contribution in [3.8, 4) is 11.7 Å². The van der Waals surface area contributed by atoms with Crippen LogP contribution in [-0.2, 0) is 6.42 Å². The fraction of sp³-hybridized carbons (Fsp3) is 0.333. The number of hydrogen-bond donors (Lipinski definition) is 1. The van der Waals surface area contributed by atoms with Gasteiger partial charge in [0, 0.05) is 28.4 Å². The van der Waals surface area contributed by atoms with Crippen molar-refractivity contribution < 1.29 is 8.94 Å². The van der Waals surface area contributed by atoms with Gasteiger partial charge in [-0.15, -0.1) is 0 Å². The van der Waals surface area contributed by atoms with E-state index >= 15 is 0 Å². The number of aryl methyl sites for hydroxylation is 1. The molecule has 1 aromatic carbocycles. The van der Waals surface area contributed by atoms with Crippen molar-refractivity contribution in [1.29, 1.82) is 0 Å². The number of fused-ring (bicyclic) bond motifs is 1. The second-order valence-electron chi connectivity index (χ2n) is 5.11. The van der Waals surface area contributed by atoms with Crippen molar-refractivity contribution in [3.05, 3.63) is 34.6 Å². The van der Waals surface area contributed by atoms with E-state index in [0.29, 0.717) is 28.9 Å². The molecule has 1 atom stereocenters. The zero-order valence-electron chi connectivity index (χ0n) is 12.1. The number of nitrogens with zero attached hydrogens (tertiary/aromatic N) is 2. The van der Waals surface area contributed by atoms with Gasteiger partial charge in [0.1, 0.15) is 5.58 Å². The first kappa shape index (κ1) is 14.1. The second kappa shape index (κ2) is 5.50. The third-order valence-electron chi connectivity index (χ3n) is 3.54. The summed E-state index contributed by atoms with van der Waals surface area (Å²) in [5, 5.41) is 8.77. The van der Waals surface area contributed by atoms with Gasteiger partial charge in [0.25, 0.3) is 5.89 Å². The fourth-order valence-corrected chi connectivity index (χ4v) is 2.37. The van der Waals surface area contributed by atoms with E-state index in [1.165, 1.54) is 0 Å². The van der Waals surface area contributed by atoms with Gasteiger partial charge < -0.3 is 14.3 Å². The van der Waals surface area contributed by atoms with Gasteiger partial charge in [-0.3, -0.25) is 0 Å². The van der Waals surface area contributed by atoms with E-state index in [2.05, 4.69) is 22.4 Å². The molecular formula is C15H16ClN3O2. The Bertz CT molecular complexity index is 778. The molecule has 5 nitrogen and oxygen atoms in total. The monoisotopic (exact) mass is 305 g/mol. The predicted octanol–water partition coefficient (Wildman–Crippen LogP) is 3.60. The molecule has 0 amide bonds. The maximum Gasteiger partial charge on any atom is 0.293 e. The minimum absolute atomic E-state index is 0.283. The van der Waals surface area contributed by atoms with Crippen LogP contribution in [0.5, 0.6) is 0 Å².